The fourth-order valence-corrected chi connectivity index (χ4v) is 3.54. The van der Waals surface area contributed by atoms with E-state index in [1.54, 1.807) is 30.3 Å². The number of hydrogen-bond donors (Lipinski definition) is 4. The Bertz CT molecular complexity index is 883. The summed E-state index contributed by atoms with van der Waals surface area (Å²) in [4.78, 5) is 25.7. The van der Waals surface area contributed by atoms with Crippen LogP contribution >= 0.6 is 0 Å². The van der Waals surface area contributed by atoms with Crippen LogP contribution in [0.1, 0.15) is 58.9 Å². The van der Waals surface area contributed by atoms with Crippen molar-refractivity contribution >= 4 is 11.8 Å². The SMILES string of the molecule is CC(C)CCC1=C(O)C(O)(CCC(C)C)C(=O)C(C(O)C(=O)OCc2ccccc2)=C1O. The Kier molecular flexibility index (Phi) is 8.64. The molecule has 176 valence electrons. The molecule has 2 rings (SSSR count). The maximum atomic E-state index is 13.2. The molecule has 0 fully saturated rings. The molecule has 0 aliphatic heterocycles. The molecule has 1 aliphatic rings. The lowest BCUT2D eigenvalue weighted by molar-refractivity contribution is -0.155. The first kappa shape index (κ1) is 25.6. The summed E-state index contributed by atoms with van der Waals surface area (Å²) in [7, 11) is 0. The van der Waals surface area contributed by atoms with E-state index >= 15 is 0 Å². The van der Waals surface area contributed by atoms with Crippen molar-refractivity contribution in [2.24, 2.45) is 11.8 Å². The third-order valence-electron chi connectivity index (χ3n) is 5.61. The molecule has 4 N–H and O–H groups in total. The molecule has 7 heteroatoms. The molecule has 0 bridgehead atoms. The lowest BCUT2D eigenvalue weighted by Gasteiger charge is -2.34. The predicted molar refractivity (Wildman–Crippen MR) is 120 cm³/mol. The number of benzene rings is 1. The van der Waals surface area contributed by atoms with Gasteiger partial charge in [0.05, 0.1) is 5.57 Å². The second-order valence-corrected chi connectivity index (χ2v) is 9.14. The van der Waals surface area contributed by atoms with Gasteiger partial charge in [-0.15, -0.1) is 0 Å². The van der Waals surface area contributed by atoms with Gasteiger partial charge in [-0.3, -0.25) is 4.79 Å². The Morgan fingerprint density at radius 3 is 2.19 bits per heavy atom. The Labute approximate surface area is 189 Å². The molecule has 32 heavy (non-hydrogen) atoms. The Hall–Kier alpha value is -2.64. The van der Waals surface area contributed by atoms with Crippen LogP contribution in [0.25, 0.3) is 0 Å². The van der Waals surface area contributed by atoms with E-state index in [-0.39, 0.29) is 36.9 Å². The largest absolute Gasteiger partial charge is 0.508 e. The third-order valence-corrected chi connectivity index (χ3v) is 5.61. The number of hydrogen-bond acceptors (Lipinski definition) is 7. The van der Waals surface area contributed by atoms with Crippen molar-refractivity contribution in [1.82, 2.24) is 0 Å². The first-order valence-electron chi connectivity index (χ1n) is 11.0. The number of aliphatic hydroxyl groups is 4. The van der Waals surface area contributed by atoms with Crippen molar-refractivity contribution in [1.29, 1.82) is 0 Å². The summed E-state index contributed by atoms with van der Waals surface area (Å²) in [6.45, 7) is 7.59. The van der Waals surface area contributed by atoms with Crippen molar-refractivity contribution in [3.05, 3.63) is 58.6 Å². The van der Waals surface area contributed by atoms with Crippen LogP contribution in [0.2, 0.25) is 0 Å². The van der Waals surface area contributed by atoms with Crippen molar-refractivity contribution in [2.45, 2.75) is 71.7 Å². The third kappa shape index (κ3) is 5.78. The van der Waals surface area contributed by atoms with Gasteiger partial charge in [-0.2, -0.15) is 0 Å². The molecular weight excluding hydrogens is 412 g/mol. The standard InChI is InChI=1S/C25H34O7/c1-15(2)10-11-18-20(26)19(23(29)25(31,22(18)28)13-12-16(3)4)21(27)24(30)32-14-17-8-6-5-7-9-17/h5-9,15-16,21,26-28,31H,10-14H2,1-4H3. The lowest BCUT2D eigenvalue weighted by Crippen LogP contribution is -2.49. The summed E-state index contributed by atoms with van der Waals surface area (Å²) in [5.74, 6) is -3.16. The Morgan fingerprint density at radius 1 is 1.03 bits per heavy atom. The fraction of sp³-hybridized carbons (Fsp3) is 0.520. The maximum Gasteiger partial charge on any atom is 0.340 e. The number of Topliss-reactive ketones (excluding diaryl/α,β-unsaturated/α-hetero) is 1. The second-order valence-electron chi connectivity index (χ2n) is 9.14. The number of rotatable bonds is 10. The quantitative estimate of drug-likeness (QED) is 0.402. The molecule has 1 aromatic carbocycles. The summed E-state index contributed by atoms with van der Waals surface area (Å²) in [5, 5.41) is 43.3. The van der Waals surface area contributed by atoms with Crippen molar-refractivity contribution in [2.75, 3.05) is 0 Å². The van der Waals surface area contributed by atoms with E-state index in [4.69, 9.17) is 4.74 Å². The van der Waals surface area contributed by atoms with Crippen LogP contribution in [0.4, 0.5) is 0 Å². The van der Waals surface area contributed by atoms with E-state index < -0.39 is 40.5 Å². The first-order valence-corrected chi connectivity index (χ1v) is 11.0. The zero-order chi connectivity index (χ0) is 24.1. The topological polar surface area (TPSA) is 124 Å². The molecule has 0 saturated heterocycles. The van der Waals surface area contributed by atoms with Crippen LogP contribution in [0.5, 0.6) is 0 Å². The molecule has 0 heterocycles. The smallest absolute Gasteiger partial charge is 0.340 e. The molecule has 7 nitrogen and oxygen atoms in total. The van der Waals surface area contributed by atoms with Crippen LogP contribution in [-0.4, -0.2) is 43.9 Å². The summed E-state index contributed by atoms with van der Waals surface area (Å²) < 4.78 is 5.12. The Morgan fingerprint density at radius 2 is 1.62 bits per heavy atom. The van der Waals surface area contributed by atoms with Crippen LogP contribution < -0.4 is 0 Å². The fourth-order valence-electron chi connectivity index (χ4n) is 3.54. The lowest BCUT2D eigenvalue weighted by atomic mass is 9.75. The number of carbonyl (C=O) groups excluding carboxylic acids is 2. The molecule has 0 amide bonds. The van der Waals surface area contributed by atoms with Gasteiger partial charge in [-0.25, -0.2) is 4.79 Å². The summed E-state index contributed by atoms with van der Waals surface area (Å²) in [6.07, 6.45) is -1.07. The van der Waals surface area contributed by atoms with Crippen molar-refractivity contribution in [3.63, 3.8) is 0 Å². The van der Waals surface area contributed by atoms with Crippen LogP contribution in [0.15, 0.2) is 53.0 Å². The normalized spacial score (nSPS) is 20.3. The van der Waals surface area contributed by atoms with Gasteiger partial charge >= 0.3 is 5.97 Å². The van der Waals surface area contributed by atoms with Gasteiger partial charge < -0.3 is 25.2 Å². The van der Waals surface area contributed by atoms with Crippen LogP contribution in [-0.2, 0) is 20.9 Å². The minimum absolute atomic E-state index is 0.0329. The summed E-state index contributed by atoms with van der Waals surface area (Å²) in [5.41, 5.74) is -2.32. The number of carbonyl (C=O) groups is 2. The Balaban J connectivity index is 2.38. The summed E-state index contributed by atoms with van der Waals surface area (Å²) in [6, 6.07) is 8.80. The monoisotopic (exact) mass is 446 g/mol. The van der Waals surface area contributed by atoms with E-state index in [0.29, 0.717) is 18.4 Å². The molecule has 0 radical (unpaired) electrons. The number of esters is 1. The minimum Gasteiger partial charge on any atom is -0.508 e. The molecule has 2 unspecified atom stereocenters. The zero-order valence-electron chi connectivity index (χ0n) is 19.2. The first-order chi connectivity index (χ1) is 15.0. The summed E-state index contributed by atoms with van der Waals surface area (Å²) >= 11 is 0. The van der Waals surface area contributed by atoms with Crippen LogP contribution in [0, 0.1) is 11.8 Å². The molecule has 0 spiro atoms. The van der Waals surface area contributed by atoms with Gasteiger partial charge in [0.15, 0.2) is 11.7 Å². The van der Waals surface area contributed by atoms with Gasteiger partial charge in [0, 0.05) is 5.57 Å². The molecular formula is C25H34O7. The second kappa shape index (κ2) is 10.8. The van der Waals surface area contributed by atoms with E-state index in [9.17, 15) is 30.0 Å². The number of allylic oxidation sites excluding steroid dienone is 1. The number of ether oxygens (including phenoxy) is 1. The van der Waals surface area contributed by atoms with Crippen LogP contribution in [0.3, 0.4) is 0 Å². The van der Waals surface area contributed by atoms with Gasteiger partial charge in [0.2, 0.25) is 5.78 Å². The van der Waals surface area contributed by atoms with Crippen molar-refractivity contribution < 1.29 is 34.8 Å². The zero-order valence-corrected chi connectivity index (χ0v) is 19.2. The minimum atomic E-state index is -2.32. The molecule has 2 atom stereocenters. The predicted octanol–water partition coefficient (Wildman–Crippen LogP) is 3.90. The van der Waals surface area contributed by atoms with Crippen molar-refractivity contribution in [3.8, 4) is 0 Å². The molecule has 1 aromatic rings. The molecule has 0 saturated carbocycles. The average molecular weight is 447 g/mol. The number of ketones is 1. The van der Waals surface area contributed by atoms with E-state index in [2.05, 4.69) is 0 Å². The highest BCUT2D eigenvalue weighted by atomic mass is 16.5. The van der Waals surface area contributed by atoms with Gasteiger partial charge in [0.1, 0.15) is 18.1 Å². The van der Waals surface area contributed by atoms with E-state index in [0.717, 1.165) is 0 Å². The highest BCUT2D eigenvalue weighted by molar-refractivity contribution is 6.10. The average Bonchev–Trinajstić information content (AvgIpc) is 2.75. The van der Waals surface area contributed by atoms with Gasteiger partial charge in [-0.05, 0) is 43.1 Å². The van der Waals surface area contributed by atoms with Gasteiger partial charge in [0.25, 0.3) is 0 Å². The van der Waals surface area contributed by atoms with Gasteiger partial charge in [-0.1, -0.05) is 58.0 Å². The number of aliphatic hydroxyl groups excluding tert-OH is 3. The highest BCUT2D eigenvalue weighted by Gasteiger charge is 2.51. The maximum absolute atomic E-state index is 13.2. The van der Waals surface area contributed by atoms with E-state index in [1.165, 1.54) is 0 Å². The molecule has 0 aromatic heterocycles. The highest BCUT2D eigenvalue weighted by Crippen LogP contribution is 2.39. The molecule has 1 aliphatic carbocycles. The van der Waals surface area contributed by atoms with E-state index in [1.807, 2.05) is 27.7 Å².